The van der Waals surface area contributed by atoms with Crippen molar-refractivity contribution in [1.29, 1.82) is 0 Å². The van der Waals surface area contributed by atoms with Gasteiger partial charge in [0.2, 0.25) is 11.6 Å². The van der Waals surface area contributed by atoms with Gasteiger partial charge in [-0.25, -0.2) is 0 Å². The highest BCUT2D eigenvalue weighted by atomic mass is 16.8. The summed E-state index contributed by atoms with van der Waals surface area (Å²) in [4.78, 5) is 0. The quantitative estimate of drug-likeness (QED) is 0.731. The van der Waals surface area contributed by atoms with Crippen LogP contribution in [0.2, 0.25) is 0 Å². The van der Waals surface area contributed by atoms with Crippen LogP contribution in [-0.2, 0) is 23.7 Å². The van der Waals surface area contributed by atoms with Crippen LogP contribution < -0.4 is 0 Å². The Labute approximate surface area is 137 Å². The molecule has 23 heavy (non-hydrogen) atoms. The SMILES string of the molecule is CO[C@@]12C=CC3(C=C[C@@]1(OC)OCCO2)O[C@@H]1CCCCC[C@@H]13. The molecule has 4 aliphatic rings. The summed E-state index contributed by atoms with van der Waals surface area (Å²) >= 11 is 0. The number of ether oxygens (including phenoxy) is 5. The van der Waals surface area contributed by atoms with E-state index in [9.17, 15) is 0 Å². The zero-order chi connectivity index (χ0) is 16.0. The van der Waals surface area contributed by atoms with Gasteiger partial charge in [0, 0.05) is 20.1 Å². The van der Waals surface area contributed by atoms with Crippen molar-refractivity contribution in [2.75, 3.05) is 27.4 Å². The maximum atomic E-state index is 6.32. The van der Waals surface area contributed by atoms with E-state index in [-0.39, 0.29) is 5.60 Å². The highest BCUT2D eigenvalue weighted by molar-refractivity contribution is 5.32. The largest absolute Gasteiger partial charge is 0.363 e. The molecule has 2 heterocycles. The highest BCUT2D eigenvalue weighted by Crippen LogP contribution is 2.51. The lowest BCUT2D eigenvalue weighted by atomic mass is 9.74. The van der Waals surface area contributed by atoms with E-state index < -0.39 is 11.6 Å². The van der Waals surface area contributed by atoms with E-state index in [1.165, 1.54) is 25.7 Å². The molecule has 5 nitrogen and oxygen atoms in total. The number of rotatable bonds is 2. The van der Waals surface area contributed by atoms with E-state index in [0.29, 0.717) is 25.2 Å². The topological polar surface area (TPSA) is 46.2 Å². The first kappa shape index (κ1) is 15.8. The molecule has 0 unspecified atom stereocenters. The average molecular weight is 322 g/mol. The van der Waals surface area contributed by atoms with Gasteiger partial charge in [0.1, 0.15) is 5.60 Å². The smallest absolute Gasteiger partial charge is 0.248 e. The van der Waals surface area contributed by atoms with Crippen LogP contribution in [-0.4, -0.2) is 50.7 Å². The molecule has 0 aromatic carbocycles. The van der Waals surface area contributed by atoms with Crippen molar-refractivity contribution in [3.8, 4) is 0 Å². The predicted molar refractivity (Wildman–Crippen MR) is 83.8 cm³/mol. The molecule has 2 aliphatic carbocycles. The van der Waals surface area contributed by atoms with Gasteiger partial charge >= 0.3 is 0 Å². The van der Waals surface area contributed by atoms with Gasteiger partial charge in [-0.15, -0.1) is 0 Å². The molecule has 3 fully saturated rings. The van der Waals surface area contributed by atoms with Gasteiger partial charge in [0.25, 0.3) is 0 Å². The molecule has 0 aromatic heterocycles. The molecule has 1 saturated carbocycles. The number of hydrogen-bond acceptors (Lipinski definition) is 5. The minimum Gasteiger partial charge on any atom is -0.363 e. The highest BCUT2D eigenvalue weighted by Gasteiger charge is 2.60. The minimum absolute atomic E-state index is 0.366. The number of fused-ring (bicyclic) bond motifs is 3. The van der Waals surface area contributed by atoms with Gasteiger partial charge in [-0.1, -0.05) is 19.3 Å². The Hall–Kier alpha value is -0.720. The average Bonchev–Trinajstić information content (AvgIpc) is 2.87. The molecule has 4 atom stereocenters. The maximum absolute atomic E-state index is 6.32. The molecule has 128 valence electrons. The minimum atomic E-state index is -1.07. The van der Waals surface area contributed by atoms with Crippen LogP contribution in [0, 0.1) is 5.92 Å². The summed E-state index contributed by atoms with van der Waals surface area (Å²) in [6.07, 6.45) is 14.6. The van der Waals surface area contributed by atoms with Crippen LogP contribution >= 0.6 is 0 Å². The molecule has 2 saturated heterocycles. The van der Waals surface area contributed by atoms with Crippen molar-refractivity contribution >= 4 is 0 Å². The van der Waals surface area contributed by atoms with Gasteiger partial charge in [-0.3, -0.25) is 0 Å². The van der Waals surface area contributed by atoms with Crippen molar-refractivity contribution in [2.24, 2.45) is 5.92 Å². The third-order valence-corrected chi connectivity index (χ3v) is 5.82. The van der Waals surface area contributed by atoms with Gasteiger partial charge in [0.05, 0.1) is 19.3 Å². The molecule has 0 amide bonds. The van der Waals surface area contributed by atoms with Gasteiger partial charge < -0.3 is 23.7 Å². The van der Waals surface area contributed by atoms with Crippen LogP contribution in [0.5, 0.6) is 0 Å². The monoisotopic (exact) mass is 322 g/mol. The lowest BCUT2D eigenvalue weighted by molar-refractivity contribution is -0.389. The van der Waals surface area contributed by atoms with E-state index in [2.05, 4.69) is 12.2 Å². The Morgan fingerprint density at radius 3 is 2.04 bits per heavy atom. The molecule has 1 spiro atoms. The van der Waals surface area contributed by atoms with Gasteiger partial charge in [0.15, 0.2) is 0 Å². The van der Waals surface area contributed by atoms with Gasteiger partial charge in [-0.05, 0) is 37.1 Å². The molecule has 2 aliphatic heterocycles. The summed E-state index contributed by atoms with van der Waals surface area (Å²) in [5.74, 6) is -1.63. The Balaban J connectivity index is 1.71. The lowest BCUT2D eigenvalue weighted by Gasteiger charge is -2.52. The Bertz CT molecular complexity index is 486. The van der Waals surface area contributed by atoms with E-state index >= 15 is 0 Å². The Kier molecular flexibility index (Phi) is 3.89. The lowest BCUT2D eigenvalue weighted by Crippen LogP contribution is -2.61. The van der Waals surface area contributed by atoms with Crippen LogP contribution in [0.4, 0.5) is 0 Å². The Morgan fingerprint density at radius 1 is 0.826 bits per heavy atom. The van der Waals surface area contributed by atoms with Crippen molar-refractivity contribution in [1.82, 2.24) is 0 Å². The second-order valence-electron chi connectivity index (χ2n) is 6.86. The van der Waals surface area contributed by atoms with Crippen LogP contribution in [0.1, 0.15) is 32.1 Å². The summed E-state index contributed by atoms with van der Waals surface area (Å²) in [6.45, 7) is 0.939. The third-order valence-electron chi connectivity index (χ3n) is 5.82. The normalized spacial score (nSPS) is 49.0. The second kappa shape index (κ2) is 5.67. The first-order chi connectivity index (χ1) is 11.2. The second-order valence-corrected chi connectivity index (χ2v) is 6.86. The standard InChI is InChI=1S/C18H26O5/c1-19-17-10-8-16(14-6-4-3-5-7-15(14)23-16)9-11-18(17,20-2)22-13-12-21-17/h8-11,14-15H,3-7,12-13H2,1-2H3/t14-,15+,17+,18+/m0/s1. The predicted octanol–water partition coefficient (Wildman–Crippen LogP) is 2.56. The molecule has 0 radical (unpaired) electrons. The van der Waals surface area contributed by atoms with E-state index in [1.807, 2.05) is 12.2 Å². The van der Waals surface area contributed by atoms with Crippen molar-refractivity contribution in [3.05, 3.63) is 24.3 Å². The van der Waals surface area contributed by atoms with Crippen LogP contribution in [0.15, 0.2) is 24.3 Å². The van der Waals surface area contributed by atoms with E-state index in [0.717, 1.165) is 6.42 Å². The zero-order valence-electron chi connectivity index (χ0n) is 14.0. The molecule has 0 bridgehead atoms. The fraction of sp³-hybridized carbons (Fsp3) is 0.778. The summed E-state index contributed by atoms with van der Waals surface area (Å²) in [7, 11) is 3.24. The maximum Gasteiger partial charge on any atom is 0.248 e. The summed E-state index contributed by atoms with van der Waals surface area (Å²) < 4.78 is 29.6. The molecular weight excluding hydrogens is 296 g/mol. The summed E-state index contributed by atoms with van der Waals surface area (Å²) in [5.41, 5.74) is -0.379. The van der Waals surface area contributed by atoms with Crippen LogP contribution in [0.25, 0.3) is 0 Å². The third kappa shape index (κ3) is 2.18. The van der Waals surface area contributed by atoms with E-state index in [1.54, 1.807) is 14.2 Å². The molecule has 5 heteroatoms. The molecule has 0 aromatic rings. The van der Waals surface area contributed by atoms with Gasteiger partial charge in [-0.2, -0.15) is 0 Å². The molecule has 0 N–H and O–H groups in total. The number of methoxy groups -OCH3 is 2. The summed E-state index contributed by atoms with van der Waals surface area (Å²) in [5, 5.41) is 0. The van der Waals surface area contributed by atoms with Crippen molar-refractivity contribution < 1.29 is 23.7 Å². The van der Waals surface area contributed by atoms with Crippen molar-refractivity contribution in [2.45, 2.75) is 55.4 Å². The van der Waals surface area contributed by atoms with Crippen molar-refractivity contribution in [3.63, 3.8) is 0 Å². The zero-order valence-corrected chi connectivity index (χ0v) is 14.0. The first-order valence-electron chi connectivity index (χ1n) is 8.66. The number of hydrogen-bond donors (Lipinski definition) is 0. The fourth-order valence-corrected chi connectivity index (χ4v) is 4.52. The van der Waals surface area contributed by atoms with E-state index in [4.69, 9.17) is 23.7 Å². The first-order valence-corrected chi connectivity index (χ1v) is 8.66. The molecule has 4 rings (SSSR count). The fourth-order valence-electron chi connectivity index (χ4n) is 4.52. The molecular formula is C18H26O5. The van der Waals surface area contributed by atoms with Crippen LogP contribution in [0.3, 0.4) is 0 Å². The Morgan fingerprint density at radius 2 is 1.43 bits per heavy atom. The summed E-state index contributed by atoms with van der Waals surface area (Å²) in [6, 6.07) is 0.